The lowest BCUT2D eigenvalue weighted by Crippen LogP contribution is -2.30. The summed E-state index contributed by atoms with van der Waals surface area (Å²) in [6.07, 6.45) is 0.552. The summed E-state index contributed by atoms with van der Waals surface area (Å²) in [5.41, 5.74) is 9.61. The van der Waals surface area contributed by atoms with E-state index in [1.54, 1.807) is 12.1 Å². The van der Waals surface area contributed by atoms with Crippen molar-refractivity contribution in [2.75, 3.05) is 5.32 Å². The molecular formula is C22H22N2O5. The van der Waals surface area contributed by atoms with Crippen LogP contribution < -0.4 is 11.1 Å². The van der Waals surface area contributed by atoms with Gasteiger partial charge in [-0.15, -0.1) is 0 Å². The number of fused-ring (bicyclic) bond motifs is 1. The highest BCUT2D eigenvalue weighted by Gasteiger charge is 2.20. The van der Waals surface area contributed by atoms with E-state index in [0.29, 0.717) is 22.4 Å². The van der Waals surface area contributed by atoms with Crippen molar-refractivity contribution in [1.82, 2.24) is 0 Å². The van der Waals surface area contributed by atoms with Crippen molar-refractivity contribution in [3.63, 3.8) is 0 Å². The van der Waals surface area contributed by atoms with Gasteiger partial charge in [0.05, 0.1) is 12.7 Å². The molecule has 1 aromatic heterocycles. The molecular weight excluding hydrogens is 372 g/mol. The monoisotopic (exact) mass is 394 g/mol. The van der Waals surface area contributed by atoms with Crippen LogP contribution in [0.15, 0.2) is 47.1 Å². The molecule has 29 heavy (non-hydrogen) atoms. The topological polar surface area (TPSA) is 112 Å². The van der Waals surface area contributed by atoms with Crippen molar-refractivity contribution in [3.8, 4) is 0 Å². The van der Waals surface area contributed by atoms with Gasteiger partial charge in [0.2, 0.25) is 5.91 Å². The summed E-state index contributed by atoms with van der Waals surface area (Å²) in [7, 11) is 0. The van der Waals surface area contributed by atoms with Gasteiger partial charge in [0.1, 0.15) is 5.58 Å². The maximum atomic E-state index is 12.3. The fourth-order valence-corrected chi connectivity index (χ4v) is 2.88. The van der Waals surface area contributed by atoms with Crippen LogP contribution in [0.1, 0.15) is 34.0 Å². The molecule has 7 nitrogen and oxygen atoms in total. The van der Waals surface area contributed by atoms with E-state index in [1.807, 2.05) is 26.0 Å². The summed E-state index contributed by atoms with van der Waals surface area (Å²) in [4.78, 5) is 35.6. The third kappa shape index (κ3) is 4.63. The van der Waals surface area contributed by atoms with Crippen LogP contribution in [0.5, 0.6) is 0 Å². The number of hydrogen-bond acceptors (Lipinski definition) is 5. The number of furan rings is 1. The second kappa shape index (κ2) is 8.18. The van der Waals surface area contributed by atoms with Gasteiger partial charge in [0.15, 0.2) is 6.10 Å². The number of ether oxygens (including phenoxy) is 1. The largest absolute Gasteiger partial charge is 0.464 e. The summed E-state index contributed by atoms with van der Waals surface area (Å²) in [5.74, 6) is -1.56. The maximum Gasteiger partial charge on any atom is 0.311 e. The van der Waals surface area contributed by atoms with Crippen LogP contribution in [0, 0.1) is 13.8 Å². The lowest BCUT2D eigenvalue weighted by molar-refractivity contribution is -0.152. The Morgan fingerprint density at radius 3 is 2.41 bits per heavy atom. The zero-order chi connectivity index (χ0) is 21.1. The van der Waals surface area contributed by atoms with E-state index in [9.17, 15) is 14.4 Å². The van der Waals surface area contributed by atoms with Crippen LogP contribution >= 0.6 is 0 Å². The van der Waals surface area contributed by atoms with Crippen LogP contribution in [0.3, 0.4) is 0 Å². The van der Waals surface area contributed by atoms with Crippen molar-refractivity contribution in [3.05, 3.63) is 64.9 Å². The Bertz CT molecular complexity index is 1080. The van der Waals surface area contributed by atoms with E-state index in [1.165, 1.54) is 25.3 Å². The van der Waals surface area contributed by atoms with Crippen molar-refractivity contribution in [1.29, 1.82) is 0 Å². The van der Waals surface area contributed by atoms with Crippen molar-refractivity contribution < 1.29 is 23.5 Å². The number of aryl methyl sites for hydroxylation is 2. The molecule has 3 rings (SSSR count). The fourth-order valence-electron chi connectivity index (χ4n) is 2.88. The van der Waals surface area contributed by atoms with E-state index in [-0.39, 0.29) is 6.42 Å². The molecule has 0 aliphatic rings. The van der Waals surface area contributed by atoms with Gasteiger partial charge in [-0.2, -0.15) is 0 Å². The summed E-state index contributed by atoms with van der Waals surface area (Å²) in [6.45, 7) is 5.48. The predicted octanol–water partition coefficient (Wildman–Crippen LogP) is 3.26. The molecule has 0 bridgehead atoms. The smallest absolute Gasteiger partial charge is 0.311 e. The highest BCUT2D eigenvalue weighted by atomic mass is 16.5. The molecule has 3 aromatic rings. The molecule has 0 radical (unpaired) electrons. The minimum atomic E-state index is -0.986. The SMILES string of the molecule is Cc1cc2occ(CC(=O)O[C@H](C)C(=O)Nc3ccc(C(N)=O)cc3)c2cc1C. The molecule has 0 aliphatic heterocycles. The number of anilines is 1. The van der Waals surface area contributed by atoms with E-state index in [2.05, 4.69) is 5.32 Å². The molecule has 7 heteroatoms. The van der Waals surface area contributed by atoms with Crippen LogP contribution in [0.2, 0.25) is 0 Å². The third-order valence-corrected chi connectivity index (χ3v) is 4.72. The van der Waals surface area contributed by atoms with Crippen molar-refractivity contribution in [2.24, 2.45) is 5.73 Å². The highest BCUT2D eigenvalue weighted by molar-refractivity contribution is 5.97. The molecule has 0 spiro atoms. The Hall–Kier alpha value is -3.61. The quantitative estimate of drug-likeness (QED) is 0.623. The molecule has 0 aliphatic carbocycles. The molecule has 3 N–H and O–H groups in total. The van der Waals surface area contributed by atoms with Gasteiger partial charge in [0, 0.05) is 22.2 Å². The first-order valence-corrected chi connectivity index (χ1v) is 9.12. The zero-order valence-electron chi connectivity index (χ0n) is 16.4. The van der Waals surface area contributed by atoms with E-state index >= 15 is 0 Å². The Morgan fingerprint density at radius 2 is 1.76 bits per heavy atom. The number of rotatable bonds is 6. The predicted molar refractivity (Wildman–Crippen MR) is 109 cm³/mol. The Balaban J connectivity index is 1.60. The number of benzene rings is 2. The van der Waals surface area contributed by atoms with Crippen molar-refractivity contribution in [2.45, 2.75) is 33.3 Å². The Kier molecular flexibility index (Phi) is 5.68. The van der Waals surface area contributed by atoms with Crippen LogP contribution in [-0.4, -0.2) is 23.9 Å². The average Bonchev–Trinajstić information content (AvgIpc) is 3.03. The molecule has 0 unspecified atom stereocenters. The number of hydrogen-bond donors (Lipinski definition) is 2. The number of esters is 1. The Labute approximate surface area is 167 Å². The van der Waals surface area contributed by atoms with Crippen LogP contribution in [0.25, 0.3) is 11.0 Å². The van der Waals surface area contributed by atoms with Gasteiger partial charge >= 0.3 is 5.97 Å². The van der Waals surface area contributed by atoms with Gasteiger partial charge in [-0.3, -0.25) is 14.4 Å². The number of nitrogens with one attached hydrogen (secondary N) is 1. The van der Waals surface area contributed by atoms with E-state index in [4.69, 9.17) is 14.9 Å². The standard InChI is InChI=1S/C22H22N2O5/c1-12-8-18-16(11-28-19(18)9-13(12)2)10-20(25)29-14(3)22(27)24-17-6-4-15(5-7-17)21(23)26/h4-9,11,14H,10H2,1-3H3,(H2,23,26)(H,24,27)/t14-/m1/s1. The molecule has 2 aromatic carbocycles. The maximum absolute atomic E-state index is 12.3. The van der Waals surface area contributed by atoms with Gasteiger partial charge in [0.25, 0.3) is 5.91 Å². The number of amides is 2. The molecule has 0 saturated heterocycles. The van der Waals surface area contributed by atoms with Gasteiger partial charge in [-0.1, -0.05) is 0 Å². The number of nitrogens with two attached hydrogens (primary N) is 1. The fraction of sp³-hybridized carbons (Fsp3) is 0.227. The Morgan fingerprint density at radius 1 is 1.10 bits per heavy atom. The lowest BCUT2D eigenvalue weighted by atomic mass is 10.0. The van der Waals surface area contributed by atoms with Crippen LogP contribution in [0.4, 0.5) is 5.69 Å². The number of carbonyl (C=O) groups excluding carboxylic acids is 3. The first-order chi connectivity index (χ1) is 13.7. The summed E-state index contributed by atoms with van der Waals surface area (Å²) >= 11 is 0. The first kappa shape index (κ1) is 20.1. The second-order valence-corrected chi connectivity index (χ2v) is 6.93. The molecule has 0 fully saturated rings. The number of primary amides is 1. The minimum Gasteiger partial charge on any atom is -0.464 e. The van der Waals surface area contributed by atoms with Crippen LogP contribution in [-0.2, 0) is 20.7 Å². The van der Waals surface area contributed by atoms with E-state index in [0.717, 1.165) is 16.5 Å². The summed E-state index contributed by atoms with van der Waals surface area (Å²) in [5, 5.41) is 3.49. The van der Waals surface area contributed by atoms with Crippen molar-refractivity contribution >= 4 is 34.4 Å². The molecule has 1 atom stereocenters. The average molecular weight is 394 g/mol. The van der Waals surface area contributed by atoms with Gasteiger partial charge < -0.3 is 20.2 Å². The minimum absolute atomic E-state index is 0.000426. The lowest BCUT2D eigenvalue weighted by Gasteiger charge is -2.13. The van der Waals surface area contributed by atoms with Gasteiger partial charge in [-0.05, 0) is 68.3 Å². The molecule has 0 saturated carbocycles. The normalized spacial score (nSPS) is 11.8. The number of carbonyl (C=O) groups is 3. The second-order valence-electron chi connectivity index (χ2n) is 6.93. The zero-order valence-corrected chi connectivity index (χ0v) is 16.4. The summed E-state index contributed by atoms with van der Waals surface area (Å²) in [6, 6.07) is 10.0. The third-order valence-electron chi connectivity index (χ3n) is 4.72. The first-order valence-electron chi connectivity index (χ1n) is 9.12. The van der Waals surface area contributed by atoms with Gasteiger partial charge in [-0.25, -0.2) is 0 Å². The summed E-state index contributed by atoms with van der Waals surface area (Å²) < 4.78 is 10.8. The molecule has 1 heterocycles. The van der Waals surface area contributed by atoms with E-state index < -0.39 is 23.9 Å². The molecule has 2 amide bonds. The highest BCUT2D eigenvalue weighted by Crippen LogP contribution is 2.25. The molecule has 150 valence electrons.